The molecule has 0 unspecified atom stereocenters. The molecule has 1 aromatic heterocycles. The summed E-state index contributed by atoms with van der Waals surface area (Å²) in [4.78, 5) is 8.72. The van der Waals surface area contributed by atoms with E-state index in [0.717, 1.165) is 18.8 Å². The average molecular weight is 327 g/mol. The summed E-state index contributed by atoms with van der Waals surface area (Å²) in [6.07, 6.45) is 2.91. The summed E-state index contributed by atoms with van der Waals surface area (Å²) < 4.78 is 13.3. The van der Waals surface area contributed by atoms with Crippen LogP contribution >= 0.6 is 23.4 Å². The summed E-state index contributed by atoms with van der Waals surface area (Å²) in [5.74, 6) is 0.935. The predicted molar refractivity (Wildman–Crippen MR) is 87.3 cm³/mol. The Kier molecular flexibility index (Phi) is 5.64. The van der Waals surface area contributed by atoms with Crippen LogP contribution in [0.1, 0.15) is 13.3 Å². The van der Waals surface area contributed by atoms with Crippen molar-refractivity contribution in [3.8, 4) is 0 Å². The molecule has 2 aromatic rings. The van der Waals surface area contributed by atoms with Crippen molar-refractivity contribution in [2.75, 3.05) is 23.4 Å². The van der Waals surface area contributed by atoms with E-state index in [2.05, 4.69) is 27.5 Å². The normalized spacial score (nSPS) is 10.5. The third-order valence-corrected chi connectivity index (χ3v) is 3.35. The monoisotopic (exact) mass is 326 g/mol. The van der Waals surface area contributed by atoms with Gasteiger partial charge in [-0.1, -0.05) is 30.3 Å². The van der Waals surface area contributed by atoms with Crippen LogP contribution in [0.3, 0.4) is 0 Å². The van der Waals surface area contributed by atoms with Crippen LogP contribution in [0.15, 0.2) is 29.4 Å². The largest absolute Gasteiger partial charge is 0.370 e. The smallest absolute Gasteiger partial charge is 0.191 e. The highest BCUT2D eigenvalue weighted by atomic mass is 35.5. The van der Waals surface area contributed by atoms with Crippen LogP contribution in [0.2, 0.25) is 5.02 Å². The van der Waals surface area contributed by atoms with Gasteiger partial charge in [0.2, 0.25) is 0 Å². The summed E-state index contributed by atoms with van der Waals surface area (Å²) >= 11 is 7.29. The molecule has 0 spiro atoms. The van der Waals surface area contributed by atoms with Gasteiger partial charge in [-0.15, -0.1) is 0 Å². The van der Waals surface area contributed by atoms with Gasteiger partial charge in [0, 0.05) is 23.3 Å². The zero-order chi connectivity index (χ0) is 15.2. The summed E-state index contributed by atoms with van der Waals surface area (Å²) in [6.45, 7) is 2.91. The fourth-order valence-corrected chi connectivity index (χ4v) is 2.30. The first-order valence-electron chi connectivity index (χ1n) is 6.50. The predicted octanol–water partition coefficient (Wildman–Crippen LogP) is 4.56. The van der Waals surface area contributed by atoms with Gasteiger partial charge in [0.1, 0.15) is 17.5 Å². The Morgan fingerprint density at radius 1 is 1.19 bits per heavy atom. The topological polar surface area (TPSA) is 49.8 Å². The lowest BCUT2D eigenvalue weighted by atomic mass is 10.3. The maximum absolute atomic E-state index is 13.3. The van der Waals surface area contributed by atoms with Gasteiger partial charge in [-0.05, 0) is 30.9 Å². The molecular formula is C14H16ClFN4S. The molecule has 0 aliphatic rings. The number of anilines is 3. The van der Waals surface area contributed by atoms with Gasteiger partial charge in [-0.25, -0.2) is 14.4 Å². The molecule has 7 heteroatoms. The fraction of sp³-hybridized carbons (Fsp3) is 0.286. The molecular weight excluding hydrogens is 311 g/mol. The van der Waals surface area contributed by atoms with E-state index >= 15 is 0 Å². The van der Waals surface area contributed by atoms with Crippen molar-refractivity contribution >= 4 is 40.7 Å². The number of nitrogens with one attached hydrogen (secondary N) is 2. The molecule has 112 valence electrons. The van der Waals surface area contributed by atoms with Crippen molar-refractivity contribution in [3.05, 3.63) is 35.1 Å². The number of thioether (sulfide) groups is 1. The number of rotatable bonds is 6. The van der Waals surface area contributed by atoms with Crippen molar-refractivity contribution in [2.24, 2.45) is 0 Å². The van der Waals surface area contributed by atoms with Crippen molar-refractivity contribution in [2.45, 2.75) is 18.5 Å². The van der Waals surface area contributed by atoms with Crippen LogP contribution in [0, 0.1) is 5.82 Å². The Labute approximate surface area is 132 Å². The average Bonchev–Trinajstić information content (AvgIpc) is 2.43. The van der Waals surface area contributed by atoms with Crippen LogP contribution in [0.5, 0.6) is 0 Å². The van der Waals surface area contributed by atoms with Crippen molar-refractivity contribution in [1.82, 2.24) is 9.97 Å². The Balaban J connectivity index is 2.25. The number of aromatic nitrogens is 2. The molecule has 1 heterocycles. The summed E-state index contributed by atoms with van der Waals surface area (Å²) in [7, 11) is 0. The molecule has 0 aliphatic carbocycles. The summed E-state index contributed by atoms with van der Waals surface area (Å²) in [5.41, 5.74) is 0.548. The fourth-order valence-electron chi connectivity index (χ4n) is 1.70. The van der Waals surface area contributed by atoms with Crippen molar-refractivity contribution < 1.29 is 4.39 Å². The van der Waals surface area contributed by atoms with Crippen LogP contribution in [-0.4, -0.2) is 22.8 Å². The molecule has 4 nitrogen and oxygen atoms in total. The molecule has 2 N–H and O–H groups in total. The second-order valence-electron chi connectivity index (χ2n) is 4.34. The van der Waals surface area contributed by atoms with Gasteiger partial charge in [-0.2, -0.15) is 0 Å². The van der Waals surface area contributed by atoms with E-state index in [9.17, 15) is 4.39 Å². The highest BCUT2D eigenvalue weighted by Crippen LogP contribution is 2.24. The first-order chi connectivity index (χ1) is 10.1. The number of halogens is 2. The van der Waals surface area contributed by atoms with E-state index in [1.165, 1.54) is 23.9 Å². The minimum atomic E-state index is -0.395. The van der Waals surface area contributed by atoms with Gasteiger partial charge in [0.05, 0.1) is 0 Å². The number of nitrogens with zero attached hydrogens (tertiary/aromatic N) is 2. The second kappa shape index (κ2) is 7.47. The van der Waals surface area contributed by atoms with Crippen LogP contribution in [0.25, 0.3) is 0 Å². The van der Waals surface area contributed by atoms with Crippen LogP contribution in [0.4, 0.5) is 21.7 Å². The molecule has 0 bridgehead atoms. The summed E-state index contributed by atoms with van der Waals surface area (Å²) in [6, 6.07) is 6.05. The Morgan fingerprint density at radius 2 is 1.95 bits per heavy atom. The molecule has 0 atom stereocenters. The lowest BCUT2D eigenvalue weighted by molar-refractivity contribution is 0.628. The van der Waals surface area contributed by atoms with Crippen LogP contribution < -0.4 is 10.6 Å². The highest BCUT2D eigenvalue weighted by molar-refractivity contribution is 7.98. The number of hydrogen-bond donors (Lipinski definition) is 2. The lowest BCUT2D eigenvalue weighted by Crippen LogP contribution is -2.05. The Morgan fingerprint density at radius 3 is 2.62 bits per heavy atom. The first kappa shape index (κ1) is 15.9. The third-order valence-electron chi connectivity index (χ3n) is 2.58. The summed E-state index contributed by atoms with van der Waals surface area (Å²) in [5, 5.41) is 7.24. The van der Waals surface area contributed by atoms with Crippen molar-refractivity contribution in [3.63, 3.8) is 0 Å². The highest BCUT2D eigenvalue weighted by Gasteiger charge is 2.06. The van der Waals surface area contributed by atoms with E-state index in [1.54, 1.807) is 12.1 Å². The standard InChI is InChI=1S/C14H16ClFN4S/c1-3-4-17-12-8-13(20-14(19-12)21-2)18-11-6-9(15)5-10(16)7-11/h5-8H,3-4H2,1-2H3,(H2,17,18,19,20). The van der Waals surface area contributed by atoms with E-state index in [4.69, 9.17) is 11.6 Å². The number of hydrogen-bond acceptors (Lipinski definition) is 5. The van der Waals surface area contributed by atoms with Gasteiger partial charge in [0.25, 0.3) is 0 Å². The van der Waals surface area contributed by atoms with Gasteiger partial charge in [0.15, 0.2) is 5.16 Å². The lowest BCUT2D eigenvalue weighted by Gasteiger charge is -2.10. The SMILES string of the molecule is CCCNc1cc(Nc2cc(F)cc(Cl)c2)nc(SC)n1. The van der Waals surface area contributed by atoms with Crippen molar-refractivity contribution in [1.29, 1.82) is 0 Å². The number of benzene rings is 1. The first-order valence-corrected chi connectivity index (χ1v) is 8.11. The van der Waals surface area contributed by atoms with Gasteiger partial charge < -0.3 is 10.6 Å². The molecule has 0 radical (unpaired) electrons. The Bertz CT molecular complexity index is 604. The maximum Gasteiger partial charge on any atom is 0.191 e. The molecule has 21 heavy (non-hydrogen) atoms. The molecule has 0 fully saturated rings. The quantitative estimate of drug-likeness (QED) is 0.602. The van der Waals surface area contributed by atoms with Gasteiger partial charge >= 0.3 is 0 Å². The Hall–Kier alpha value is -1.53. The van der Waals surface area contributed by atoms with E-state index in [-0.39, 0.29) is 0 Å². The molecule has 2 rings (SSSR count). The molecule has 0 saturated carbocycles. The second-order valence-corrected chi connectivity index (χ2v) is 5.54. The van der Waals surface area contributed by atoms with Gasteiger partial charge in [-0.3, -0.25) is 0 Å². The van der Waals surface area contributed by atoms with E-state index < -0.39 is 5.82 Å². The molecule has 0 aliphatic heterocycles. The van der Waals surface area contributed by atoms with Crippen LogP contribution in [-0.2, 0) is 0 Å². The minimum absolute atomic E-state index is 0.334. The zero-order valence-corrected chi connectivity index (χ0v) is 13.4. The molecule has 1 aromatic carbocycles. The van der Waals surface area contributed by atoms with E-state index in [1.807, 2.05) is 6.26 Å². The third kappa shape index (κ3) is 4.75. The zero-order valence-electron chi connectivity index (χ0n) is 11.8. The minimum Gasteiger partial charge on any atom is -0.370 e. The molecule has 0 amide bonds. The van der Waals surface area contributed by atoms with E-state index in [0.29, 0.717) is 21.7 Å². The molecule has 0 saturated heterocycles. The maximum atomic E-state index is 13.3.